The summed E-state index contributed by atoms with van der Waals surface area (Å²) in [7, 11) is 0. The highest BCUT2D eigenvalue weighted by Crippen LogP contribution is 2.29. The van der Waals surface area contributed by atoms with Gasteiger partial charge >= 0.3 is 0 Å². The first-order valence-electron chi connectivity index (χ1n) is 6.49. The Morgan fingerprint density at radius 3 is 2.71 bits per heavy atom. The molecule has 1 atom stereocenters. The maximum absolute atomic E-state index is 5.71. The highest BCUT2D eigenvalue weighted by Gasteiger charge is 2.20. The zero-order valence-electron chi connectivity index (χ0n) is 10.8. The number of hydrogen-bond acceptors (Lipinski definition) is 3. The van der Waals surface area contributed by atoms with Crippen LogP contribution in [0.25, 0.3) is 0 Å². The van der Waals surface area contributed by atoms with Gasteiger partial charge in [0, 0.05) is 37.8 Å². The quantitative estimate of drug-likeness (QED) is 0.863. The molecule has 0 amide bonds. The van der Waals surface area contributed by atoms with Crippen LogP contribution in [-0.4, -0.2) is 37.7 Å². The molecule has 0 aromatic heterocycles. The molecule has 0 radical (unpaired) electrons. The maximum atomic E-state index is 5.71. The molecule has 1 aromatic carbocycles. The molecule has 1 saturated heterocycles. The maximum Gasteiger partial charge on any atom is 0.124 e. The third-order valence-electron chi connectivity index (χ3n) is 3.37. The van der Waals surface area contributed by atoms with Crippen molar-refractivity contribution in [3.63, 3.8) is 0 Å². The molecule has 3 nitrogen and oxygen atoms in total. The van der Waals surface area contributed by atoms with Gasteiger partial charge in [-0.05, 0) is 19.9 Å². The number of nitrogens with one attached hydrogen (secondary N) is 1. The summed E-state index contributed by atoms with van der Waals surface area (Å²) in [5.74, 6) is 1.03. The molecule has 0 unspecified atom stereocenters. The molecule has 1 N–H and O–H groups in total. The van der Waals surface area contributed by atoms with E-state index >= 15 is 0 Å². The fraction of sp³-hybridized carbons (Fsp3) is 0.571. The summed E-state index contributed by atoms with van der Waals surface area (Å²) in [5, 5.41) is 3.39. The van der Waals surface area contributed by atoms with Crippen LogP contribution in [0.5, 0.6) is 5.75 Å². The number of ether oxygens (including phenoxy) is 1. The molecule has 2 rings (SSSR count). The van der Waals surface area contributed by atoms with Gasteiger partial charge in [0.1, 0.15) is 5.75 Å². The van der Waals surface area contributed by atoms with Gasteiger partial charge < -0.3 is 10.1 Å². The summed E-state index contributed by atoms with van der Waals surface area (Å²) in [6.07, 6.45) is 0. The van der Waals surface area contributed by atoms with E-state index < -0.39 is 0 Å². The highest BCUT2D eigenvalue weighted by molar-refractivity contribution is 5.35. The smallest absolute Gasteiger partial charge is 0.124 e. The number of hydrogen-bond donors (Lipinski definition) is 1. The summed E-state index contributed by atoms with van der Waals surface area (Å²) < 4.78 is 5.71. The lowest BCUT2D eigenvalue weighted by Gasteiger charge is -2.33. The van der Waals surface area contributed by atoms with Crippen LogP contribution in [0.3, 0.4) is 0 Å². The predicted octanol–water partition coefficient (Wildman–Crippen LogP) is 2.05. The van der Waals surface area contributed by atoms with Crippen LogP contribution < -0.4 is 10.1 Å². The third-order valence-corrected chi connectivity index (χ3v) is 3.37. The molecule has 0 bridgehead atoms. The van der Waals surface area contributed by atoms with Gasteiger partial charge in [0.15, 0.2) is 0 Å². The molecule has 1 fully saturated rings. The van der Waals surface area contributed by atoms with Gasteiger partial charge in [0.25, 0.3) is 0 Å². The molecule has 1 heterocycles. The molecule has 1 aliphatic rings. The zero-order valence-corrected chi connectivity index (χ0v) is 10.8. The lowest BCUT2D eigenvalue weighted by atomic mass is 10.1. The standard InChI is InChI=1S/C14H22N2O/c1-3-17-14-7-5-4-6-13(14)12(2)16-10-8-15-9-11-16/h4-7,12,15H,3,8-11H2,1-2H3/t12-/m0/s1. The number of rotatable bonds is 4. The van der Waals surface area contributed by atoms with E-state index in [1.165, 1.54) is 5.56 Å². The molecule has 0 aliphatic carbocycles. The van der Waals surface area contributed by atoms with E-state index in [4.69, 9.17) is 4.74 Å². The van der Waals surface area contributed by atoms with E-state index in [1.54, 1.807) is 0 Å². The van der Waals surface area contributed by atoms with Gasteiger partial charge in [0.05, 0.1) is 6.61 Å². The minimum absolute atomic E-state index is 0.430. The second-order valence-corrected chi connectivity index (χ2v) is 4.43. The molecule has 0 spiro atoms. The molecule has 1 aliphatic heterocycles. The Morgan fingerprint density at radius 2 is 2.00 bits per heavy atom. The van der Waals surface area contributed by atoms with Gasteiger partial charge in [-0.1, -0.05) is 18.2 Å². The Balaban J connectivity index is 2.14. The van der Waals surface area contributed by atoms with Crippen molar-refractivity contribution in [1.29, 1.82) is 0 Å². The highest BCUT2D eigenvalue weighted by atomic mass is 16.5. The van der Waals surface area contributed by atoms with Crippen molar-refractivity contribution in [1.82, 2.24) is 10.2 Å². The molecule has 0 saturated carbocycles. The molecule has 17 heavy (non-hydrogen) atoms. The number of benzene rings is 1. The third kappa shape index (κ3) is 2.99. The Morgan fingerprint density at radius 1 is 1.29 bits per heavy atom. The van der Waals surface area contributed by atoms with Gasteiger partial charge in [-0.3, -0.25) is 4.90 Å². The second kappa shape index (κ2) is 6.03. The molecular formula is C14H22N2O. The van der Waals surface area contributed by atoms with Crippen molar-refractivity contribution in [2.75, 3.05) is 32.8 Å². The van der Waals surface area contributed by atoms with Crippen LogP contribution in [-0.2, 0) is 0 Å². The van der Waals surface area contributed by atoms with Crippen LogP contribution >= 0.6 is 0 Å². The van der Waals surface area contributed by atoms with Crippen molar-refractivity contribution >= 4 is 0 Å². The number of para-hydroxylation sites is 1. The van der Waals surface area contributed by atoms with Crippen molar-refractivity contribution in [3.8, 4) is 5.75 Å². The number of nitrogens with zero attached hydrogens (tertiary/aromatic N) is 1. The van der Waals surface area contributed by atoms with E-state index in [-0.39, 0.29) is 0 Å². The first kappa shape index (κ1) is 12.4. The van der Waals surface area contributed by atoms with Crippen LogP contribution in [0.2, 0.25) is 0 Å². The monoisotopic (exact) mass is 234 g/mol. The number of piperazine rings is 1. The van der Waals surface area contributed by atoms with Crippen LogP contribution in [0.15, 0.2) is 24.3 Å². The summed E-state index contributed by atoms with van der Waals surface area (Å²) in [6.45, 7) is 9.42. The van der Waals surface area contributed by atoms with Gasteiger partial charge in [0.2, 0.25) is 0 Å². The van der Waals surface area contributed by atoms with Crippen LogP contribution in [0, 0.1) is 0 Å². The average Bonchev–Trinajstić information content (AvgIpc) is 2.40. The topological polar surface area (TPSA) is 24.5 Å². The Hall–Kier alpha value is -1.06. The average molecular weight is 234 g/mol. The Bertz CT molecular complexity index is 348. The summed E-state index contributed by atoms with van der Waals surface area (Å²) >= 11 is 0. The van der Waals surface area contributed by atoms with Crippen molar-refractivity contribution in [2.45, 2.75) is 19.9 Å². The van der Waals surface area contributed by atoms with E-state index in [1.807, 2.05) is 13.0 Å². The Kier molecular flexibility index (Phi) is 4.40. The lowest BCUT2D eigenvalue weighted by Crippen LogP contribution is -2.44. The largest absolute Gasteiger partial charge is 0.494 e. The molecule has 94 valence electrons. The summed E-state index contributed by atoms with van der Waals surface area (Å²) in [4.78, 5) is 2.51. The van der Waals surface area contributed by atoms with Gasteiger partial charge in [-0.2, -0.15) is 0 Å². The predicted molar refractivity (Wildman–Crippen MR) is 70.5 cm³/mol. The SMILES string of the molecule is CCOc1ccccc1[C@H](C)N1CCNCC1. The molecule has 1 aromatic rings. The molecular weight excluding hydrogens is 212 g/mol. The second-order valence-electron chi connectivity index (χ2n) is 4.43. The first-order valence-corrected chi connectivity index (χ1v) is 6.49. The van der Waals surface area contributed by atoms with Crippen molar-refractivity contribution in [3.05, 3.63) is 29.8 Å². The molecule has 3 heteroatoms. The van der Waals surface area contributed by atoms with E-state index in [0.29, 0.717) is 6.04 Å². The fourth-order valence-electron chi connectivity index (χ4n) is 2.38. The van der Waals surface area contributed by atoms with E-state index in [9.17, 15) is 0 Å². The van der Waals surface area contributed by atoms with E-state index in [0.717, 1.165) is 38.5 Å². The van der Waals surface area contributed by atoms with Crippen LogP contribution in [0.1, 0.15) is 25.5 Å². The van der Waals surface area contributed by atoms with Gasteiger partial charge in [-0.15, -0.1) is 0 Å². The zero-order chi connectivity index (χ0) is 12.1. The minimum atomic E-state index is 0.430. The fourth-order valence-corrected chi connectivity index (χ4v) is 2.38. The van der Waals surface area contributed by atoms with Crippen LogP contribution in [0.4, 0.5) is 0 Å². The Labute approximate surface area is 104 Å². The summed E-state index contributed by atoms with van der Waals surface area (Å²) in [6, 6.07) is 8.81. The summed E-state index contributed by atoms with van der Waals surface area (Å²) in [5.41, 5.74) is 1.30. The lowest BCUT2D eigenvalue weighted by molar-refractivity contribution is 0.181. The van der Waals surface area contributed by atoms with Gasteiger partial charge in [-0.25, -0.2) is 0 Å². The van der Waals surface area contributed by atoms with Crippen molar-refractivity contribution < 1.29 is 4.74 Å². The van der Waals surface area contributed by atoms with Crippen molar-refractivity contribution in [2.24, 2.45) is 0 Å². The van der Waals surface area contributed by atoms with E-state index in [2.05, 4.69) is 35.3 Å². The normalized spacial score (nSPS) is 18.9. The first-order chi connectivity index (χ1) is 8.33. The minimum Gasteiger partial charge on any atom is -0.494 e.